The molecule has 49 heavy (non-hydrogen) atoms. The van der Waals surface area contributed by atoms with Gasteiger partial charge in [0.15, 0.2) is 5.58 Å². The van der Waals surface area contributed by atoms with Gasteiger partial charge in [0.2, 0.25) is 0 Å². The number of fused-ring (bicyclic) bond motifs is 8. The lowest BCUT2D eigenvalue weighted by atomic mass is 10.0. The highest BCUT2D eigenvalue weighted by Gasteiger charge is 2.20. The van der Waals surface area contributed by atoms with E-state index in [4.69, 9.17) is 4.42 Å². The van der Waals surface area contributed by atoms with Crippen molar-refractivity contribution < 1.29 is 4.42 Å². The number of benzene rings is 8. The Bertz CT molecular complexity index is 2810. The molecular formula is C46H30N2O. The van der Waals surface area contributed by atoms with Gasteiger partial charge in [-0.15, -0.1) is 0 Å². The fraction of sp³-hybridized carbons (Fsp3) is 0. The molecule has 0 spiro atoms. The largest absolute Gasteiger partial charge is 0.454 e. The number of hydrogen-bond acceptors (Lipinski definition) is 2. The van der Waals surface area contributed by atoms with Crippen LogP contribution in [0.4, 0.5) is 17.1 Å². The smallest absolute Gasteiger partial charge is 0.159 e. The highest BCUT2D eigenvalue weighted by Crippen LogP contribution is 2.43. The first kappa shape index (κ1) is 27.5. The Morgan fingerprint density at radius 1 is 0.408 bits per heavy atom. The maximum atomic E-state index is 6.57. The Morgan fingerprint density at radius 2 is 1.04 bits per heavy atom. The molecule has 3 nitrogen and oxygen atoms in total. The van der Waals surface area contributed by atoms with Crippen molar-refractivity contribution in [2.24, 2.45) is 0 Å². The molecule has 230 valence electrons. The van der Waals surface area contributed by atoms with Crippen molar-refractivity contribution in [1.29, 1.82) is 0 Å². The quantitative estimate of drug-likeness (QED) is 0.190. The summed E-state index contributed by atoms with van der Waals surface area (Å²) in [6, 6.07) is 64.8. The zero-order chi connectivity index (χ0) is 32.3. The van der Waals surface area contributed by atoms with Crippen molar-refractivity contribution in [3.63, 3.8) is 0 Å². The van der Waals surface area contributed by atoms with Gasteiger partial charge in [0.1, 0.15) is 5.58 Å². The number of anilines is 3. The van der Waals surface area contributed by atoms with Gasteiger partial charge in [-0.1, -0.05) is 121 Å². The molecule has 2 heterocycles. The predicted molar refractivity (Wildman–Crippen MR) is 206 cm³/mol. The second kappa shape index (κ2) is 11.0. The van der Waals surface area contributed by atoms with Crippen LogP contribution < -0.4 is 4.90 Å². The molecule has 2 aromatic heterocycles. The summed E-state index contributed by atoms with van der Waals surface area (Å²) in [5.41, 5.74) is 10.8. The van der Waals surface area contributed by atoms with Crippen molar-refractivity contribution in [3.05, 3.63) is 182 Å². The summed E-state index contributed by atoms with van der Waals surface area (Å²) < 4.78 is 8.96. The van der Waals surface area contributed by atoms with Crippen molar-refractivity contribution >= 4 is 71.6 Å². The highest BCUT2D eigenvalue weighted by molar-refractivity contribution is 6.21. The number of hydrogen-bond donors (Lipinski definition) is 0. The maximum absolute atomic E-state index is 6.57. The van der Waals surface area contributed by atoms with Crippen molar-refractivity contribution in [3.8, 4) is 16.8 Å². The molecule has 0 radical (unpaired) electrons. The lowest BCUT2D eigenvalue weighted by Gasteiger charge is -2.26. The third kappa shape index (κ3) is 4.37. The molecule has 0 aliphatic heterocycles. The molecule has 8 aromatic carbocycles. The molecule has 0 atom stereocenters. The summed E-state index contributed by atoms with van der Waals surface area (Å²) in [6.45, 7) is 0. The summed E-state index contributed by atoms with van der Waals surface area (Å²) in [6.07, 6.45) is 0. The van der Waals surface area contributed by atoms with E-state index in [1.807, 2.05) is 12.1 Å². The van der Waals surface area contributed by atoms with Crippen LogP contribution in [-0.4, -0.2) is 4.57 Å². The van der Waals surface area contributed by atoms with Crippen molar-refractivity contribution in [2.75, 3.05) is 4.90 Å². The van der Waals surface area contributed by atoms with Crippen LogP contribution >= 0.6 is 0 Å². The summed E-state index contributed by atoms with van der Waals surface area (Å²) >= 11 is 0. The van der Waals surface area contributed by atoms with E-state index in [2.05, 4.69) is 179 Å². The normalized spacial score (nSPS) is 11.7. The fourth-order valence-electron chi connectivity index (χ4n) is 7.54. The molecule has 10 aromatic rings. The Labute approximate surface area is 283 Å². The van der Waals surface area contributed by atoms with Crippen LogP contribution in [0.5, 0.6) is 0 Å². The Hall–Kier alpha value is -6.58. The number of nitrogens with zero attached hydrogens (tertiary/aromatic N) is 2. The van der Waals surface area contributed by atoms with E-state index < -0.39 is 0 Å². The third-order valence-electron chi connectivity index (χ3n) is 9.79. The molecule has 10 rings (SSSR count). The molecule has 0 aliphatic carbocycles. The van der Waals surface area contributed by atoms with E-state index in [0.29, 0.717) is 0 Å². The van der Waals surface area contributed by atoms with Crippen molar-refractivity contribution in [2.45, 2.75) is 0 Å². The van der Waals surface area contributed by atoms with E-state index in [0.717, 1.165) is 44.7 Å². The average molecular weight is 627 g/mol. The van der Waals surface area contributed by atoms with Crippen LogP contribution in [0.15, 0.2) is 186 Å². The summed E-state index contributed by atoms with van der Waals surface area (Å²) in [5, 5.41) is 7.29. The summed E-state index contributed by atoms with van der Waals surface area (Å²) in [4.78, 5) is 2.31. The first-order chi connectivity index (χ1) is 24.3. The van der Waals surface area contributed by atoms with Crippen LogP contribution in [0.3, 0.4) is 0 Å². The topological polar surface area (TPSA) is 21.3 Å². The number of furan rings is 1. The molecule has 0 saturated heterocycles. The molecule has 0 N–H and O–H groups in total. The van der Waals surface area contributed by atoms with Gasteiger partial charge in [-0.05, 0) is 82.6 Å². The van der Waals surface area contributed by atoms with Gasteiger partial charge in [-0.25, -0.2) is 0 Å². The zero-order valence-corrected chi connectivity index (χ0v) is 26.6. The molecular weight excluding hydrogens is 597 g/mol. The molecule has 3 heteroatoms. The first-order valence-electron chi connectivity index (χ1n) is 16.7. The van der Waals surface area contributed by atoms with Crippen LogP contribution in [0.1, 0.15) is 0 Å². The molecule has 0 amide bonds. The lowest BCUT2D eigenvalue weighted by Crippen LogP contribution is -2.10. The Balaban J connectivity index is 1.15. The van der Waals surface area contributed by atoms with Crippen molar-refractivity contribution in [1.82, 2.24) is 4.57 Å². The van der Waals surface area contributed by atoms with Crippen LogP contribution in [-0.2, 0) is 0 Å². The minimum Gasteiger partial charge on any atom is -0.454 e. The lowest BCUT2D eigenvalue weighted by molar-refractivity contribution is 0.669. The highest BCUT2D eigenvalue weighted by atomic mass is 16.3. The van der Waals surface area contributed by atoms with Gasteiger partial charge in [0.05, 0.1) is 16.7 Å². The standard InChI is InChI=1S/C46H30N2O/c1-2-11-31(12-3-1)32-21-24-34(25-22-32)47(43-19-10-17-39-38-15-7-9-20-44(38)49-46(39)43)35-26-28-36(29-27-35)48-41-18-8-6-16-40(41)45-37-14-5-4-13-33(37)23-30-42(45)48/h1-30H. The fourth-order valence-corrected chi connectivity index (χ4v) is 7.54. The predicted octanol–water partition coefficient (Wildman–Crippen LogP) is 13.0. The van der Waals surface area contributed by atoms with Crippen LogP contribution in [0, 0.1) is 0 Å². The Morgan fingerprint density at radius 3 is 1.86 bits per heavy atom. The maximum Gasteiger partial charge on any atom is 0.159 e. The monoisotopic (exact) mass is 626 g/mol. The molecule has 0 fully saturated rings. The average Bonchev–Trinajstić information content (AvgIpc) is 3.73. The van der Waals surface area contributed by atoms with E-state index in [9.17, 15) is 0 Å². The van der Waals surface area contributed by atoms with Gasteiger partial charge in [0.25, 0.3) is 0 Å². The van der Waals surface area contributed by atoms with Gasteiger partial charge < -0.3 is 13.9 Å². The summed E-state index contributed by atoms with van der Waals surface area (Å²) in [7, 11) is 0. The number of rotatable bonds is 5. The second-order valence-corrected chi connectivity index (χ2v) is 12.6. The van der Waals surface area contributed by atoms with Crippen LogP contribution in [0.2, 0.25) is 0 Å². The minimum absolute atomic E-state index is 0.870. The third-order valence-corrected chi connectivity index (χ3v) is 9.79. The number of para-hydroxylation sites is 3. The second-order valence-electron chi connectivity index (χ2n) is 12.6. The van der Waals surface area contributed by atoms with Gasteiger partial charge in [-0.3, -0.25) is 0 Å². The molecule has 0 unspecified atom stereocenters. The van der Waals surface area contributed by atoms with E-state index in [1.54, 1.807) is 0 Å². The molecule has 0 saturated carbocycles. The van der Waals surface area contributed by atoms with E-state index in [1.165, 1.54) is 43.7 Å². The first-order valence-corrected chi connectivity index (χ1v) is 16.7. The van der Waals surface area contributed by atoms with Gasteiger partial charge in [-0.2, -0.15) is 0 Å². The number of aromatic nitrogens is 1. The summed E-state index contributed by atoms with van der Waals surface area (Å²) in [5.74, 6) is 0. The minimum atomic E-state index is 0.870. The Kier molecular flexibility index (Phi) is 6.18. The van der Waals surface area contributed by atoms with E-state index >= 15 is 0 Å². The van der Waals surface area contributed by atoms with Gasteiger partial charge >= 0.3 is 0 Å². The molecule has 0 bridgehead atoms. The SMILES string of the molecule is c1ccc(-c2ccc(N(c3ccc(-n4c5ccccc5c5c6ccccc6ccc54)cc3)c3cccc4c3oc3ccccc34)cc2)cc1. The van der Waals surface area contributed by atoms with E-state index in [-0.39, 0.29) is 0 Å². The van der Waals surface area contributed by atoms with Gasteiger partial charge in [0, 0.05) is 38.6 Å². The van der Waals surface area contributed by atoms with Crippen LogP contribution in [0.25, 0.3) is 71.3 Å². The molecule has 0 aliphatic rings. The zero-order valence-electron chi connectivity index (χ0n) is 26.6.